The minimum absolute atomic E-state index is 0.270. The zero-order valence-corrected chi connectivity index (χ0v) is 11.4. The average molecular weight is 249 g/mol. The number of carbonyl (C=O) groups is 1. The first-order valence-corrected chi connectivity index (χ1v) is 6.14. The van der Waals surface area contributed by atoms with Crippen molar-refractivity contribution in [3.63, 3.8) is 0 Å². The summed E-state index contributed by atoms with van der Waals surface area (Å²) in [5.74, 6) is 0.777. The molecule has 0 spiro atoms. The molecule has 0 aromatic carbocycles. The first kappa shape index (κ1) is 12.8. The summed E-state index contributed by atoms with van der Waals surface area (Å²) in [7, 11) is 0. The fourth-order valence-corrected chi connectivity index (χ4v) is 1.90. The van der Waals surface area contributed by atoms with Crippen LogP contribution in [0.5, 0.6) is 0 Å². The number of amides is 1. The summed E-state index contributed by atoms with van der Waals surface area (Å²) >= 11 is 0. The van der Waals surface area contributed by atoms with Gasteiger partial charge in [0.2, 0.25) is 0 Å². The van der Waals surface area contributed by atoms with Gasteiger partial charge in [-0.3, -0.25) is 0 Å². The number of hydrogen-bond acceptors (Lipinski definition) is 4. The molecule has 5 nitrogen and oxygen atoms in total. The van der Waals surface area contributed by atoms with Crippen molar-refractivity contribution >= 4 is 6.09 Å². The fraction of sp³-hybridized carbons (Fsp3) is 0.615. The van der Waals surface area contributed by atoms with Crippen LogP contribution in [0.25, 0.3) is 0 Å². The van der Waals surface area contributed by atoms with Crippen molar-refractivity contribution in [2.24, 2.45) is 0 Å². The van der Waals surface area contributed by atoms with Crippen molar-refractivity contribution in [3.8, 4) is 0 Å². The lowest BCUT2D eigenvalue weighted by molar-refractivity contribution is 0.0222. The molecule has 5 heteroatoms. The summed E-state index contributed by atoms with van der Waals surface area (Å²) < 4.78 is 5.36. The van der Waals surface area contributed by atoms with E-state index in [-0.39, 0.29) is 6.09 Å². The molecule has 0 saturated heterocycles. The first-order valence-electron chi connectivity index (χ1n) is 6.14. The average Bonchev–Trinajstić information content (AvgIpc) is 2.26. The topological polar surface area (TPSA) is 55.3 Å². The molecule has 1 aliphatic heterocycles. The Bertz CT molecular complexity index is 466. The number of rotatable bonds is 0. The van der Waals surface area contributed by atoms with E-state index in [0.29, 0.717) is 13.1 Å². The summed E-state index contributed by atoms with van der Waals surface area (Å²) in [5.41, 5.74) is 1.60. The quantitative estimate of drug-likeness (QED) is 0.706. The smallest absolute Gasteiger partial charge is 0.410 e. The van der Waals surface area contributed by atoms with Gasteiger partial charge in [0.1, 0.15) is 11.4 Å². The highest BCUT2D eigenvalue weighted by molar-refractivity contribution is 5.68. The van der Waals surface area contributed by atoms with Gasteiger partial charge in [-0.1, -0.05) is 0 Å². The summed E-state index contributed by atoms with van der Waals surface area (Å²) in [6.07, 6.45) is 2.29. The molecule has 1 aliphatic rings. The number of fused-ring (bicyclic) bond motifs is 1. The second-order valence-electron chi connectivity index (χ2n) is 5.54. The molecule has 2 rings (SSSR count). The molecule has 0 radical (unpaired) electrons. The van der Waals surface area contributed by atoms with Crippen LogP contribution in [-0.2, 0) is 17.7 Å². The van der Waals surface area contributed by atoms with Crippen LogP contribution in [0.2, 0.25) is 0 Å². The van der Waals surface area contributed by atoms with Gasteiger partial charge in [0.25, 0.3) is 0 Å². The molecule has 1 aromatic rings. The SMILES string of the molecule is Cc1ncc2c(n1)CCN(C(=O)OC(C)(C)C)C2. The Morgan fingerprint density at radius 1 is 1.44 bits per heavy atom. The third-order valence-electron chi connectivity index (χ3n) is 2.71. The predicted molar refractivity (Wildman–Crippen MR) is 67.1 cm³/mol. The van der Waals surface area contributed by atoms with E-state index in [4.69, 9.17) is 4.74 Å². The van der Waals surface area contributed by atoms with Crippen molar-refractivity contribution in [2.45, 2.75) is 46.3 Å². The van der Waals surface area contributed by atoms with Gasteiger partial charge in [-0.15, -0.1) is 0 Å². The number of hydrogen-bond donors (Lipinski definition) is 0. The third kappa shape index (κ3) is 2.97. The molecule has 1 aromatic heterocycles. The normalized spacial score (nSPS) is 15.2. The Hall–Kier alpha value is -1.65. The molecule has 98 valence electrons. The van der Waals surface area contributed by atoms with Crippen molar-refractivity contribution in [1.29, 1.82) is 0 Å². The molecule has 0 fully saturated rings. The molecule has 0 unspecified atom stereocenters. The van der Waals surface area contributed by atoms with E-state index in [1.807, 2.05) is 27.7 Å². The number of carbonyl (C=O) groups excluding carboxylic acids is 1. The molecule has 0 saturated carbocycles. The molecule has 18 heavy (non-hydrogen) atoms. The van der Waals surface area contributed by atoms with Crippen LogP contribution in [0.4, 0.5) is 4.79 Å². The summed E-state index contributed by atoms with van der Waals surface area (Å²) in [4.78, 5) is 22.2. The largest absolute Gasteiger partial charge is 0.444 e. The van der Waals surface area contributed by atoms with Gasteiger partial charge in [-0.25, -0.2) is 14.8 Å². The Balaban J connectivity index is 2.08. The van der Waals surface area contributed by atoms with Gasteiger partial charge in [0, 0.05) is 24.7 Å². The fourth-order valence-electron chi connectivity index (χ4n) is 1.90. The van der Waals surface area contributed by atoms with Gasteiger partial charge >= 0.3 is 6.09 Å². The maximum Gasteiger partial charge on any atom is 0.410 e. The van der Waals surface area contributed by atoms with Crippen LogP contribution >= 0.6 is 0 Å². The zero-order valence-electron chi connectivity index (χ0n) is 11.4. The monoisotopic (exact) mass is 249 g/mol. The van der Waals surface area contributed by atoms with E-state index < -0.39 is 5.60 Å². The Morgan fingerprint density at radius 3 is 2.83 bits per heavy atom. The Morgan fingerprint density at radius 2 is 2.17 bits per heavy atom. The molecule has 0 bridgehead atoms. The Labute approximate surface area is 107 Å². The van der Waals surface area contributed by atoms with E-state index >= 15 is 0 Å². The van der Waals surface area contributed by atoms with E-state index in [9.17, 15) is 4.79 Å². The van der Waals surface area contributed by atoms with Gasteiger partial charge in [0.15, 0.2) is 0 Å². The molecule has 2 heterocycles. The molecule has 0 N–H and O–H groups in total. The predicted octanol–water partition coefficient (Wildman–Crippen LogP) is 2.08. The highest BCUT2D eigenvalue weighted by Crippen LogP contribution is 2.19. The minimum Gasteiger partial charge on any atom is -0.444 e. The van der Waals surface area contributed by atoms with Crippen molar-refractivity contribution in [2.75, 3.05) is 6.54 Å². The highest BCUT2D eigenvalue weighted by Gasteiger charge is 2.26. The number of nitrogens with zero attached hydrogens (tertiary/aromatic N) is 3. The van der Waals surface area contributed by atoms with Crippen LogP contribution in [0.15, 0.2) is 6.20 Å². The lowest BCUT2D eigenvalue weighted by Crippen LogP contribution is -2.40. The minimum atomic E-state index is -0.457. The maximum atomic E-state index is 12.0. The van der Waals surface area contributed by atoms with Gasteiger partial charge in [0.05, 0.1) is 12.2 Å². The molecule has 1 amide bonds. The van der Waals surface area contributed by atoms with Gasteiger partial charge in [-0.05, 0) is 27.7 Å². The van der Waals surface area contributed by atoms with Crippen LogP contribution < -0.4 is 0 Å². The van der Waals surface area contributed by atoms with Crippen molar-refractivity contribution in [3.05, 3.63) is 23.3 Å². The second-order valence-corrected chi connectivity index (χ2v) is 5.54. The highest BCUT2D eigenvalue weighted by atomic mass is 16.6. The first-order chi connectivity index (χ1) is 8.35. The van der Waals surface area contributed by atoms with Crippen LogP contribution in [-0.4, -0.2) is 33.1 Å². The van der Waals surface area contributed by atoms with Gasteiger partial charge < -0.3 is 9.64 Å². The van der Waals surface area contributed by atoms with E-state index in [1.54, 1.807) is 11.1 Å². The standard InChI is InChI=1S/C13H19N3O2/c1-9-14-7-10-8-16(6-5-11(10)15-9)12(17)18-13(2,3)4/h7H,5-6,8H2,1-4H3. The summed E-state index contributed by atoms with van der Waals surface area (Å²) in [6, 6.07) is 0. The lowest BCUT2D eigenvalue weighted by atomic mass is 10.1. The molecular weight excluding hydrogens is 230 g/mol. The summed E-state index contributed by atoms with van der Waals surface area (Å²) in [6.45, 7) is 8.67. The molecule has 0 aliphatic carbocycles. The van der Waals surface area contributed by atoms with Crippen LogP contribution in [0.3, 0.4) is 0 Å². The lowest BCUT2D eigenvalue weighted by Gasteiger charge is -2.30. The molecule has 0 atom stereocenters. The van der Waals surface area contributed by atoms with E-state index in [2.05, 4.69) is 9.97 Å². The van der Waals surface area contributed by atoms with E-state index in [1.165, 1.54) is 0 Å². The van der Waals surface area contributed by atoms with Crippen LogP contribution in [0, 0.1) is 6.92 Å². The second kappa shape index (κ2) is 4.55. The summed E-state index contributed by atoms with van der Waals surface area (Å²) in [5, 5.41) is 0. The zero-order chi connectivity index (χ0) is 13.3. The van der Waals surface area contributed by atoms with Crippen molar-refractivity contribution < 1.29 is 9.53 Å². The maximum absolute atomic E-state index is 12.0. The third-order valence-corrected chi connectivity index (χ3v) is 2.71. The Kier molecular flexibility index (Phi) is 3.24. The van der Waals surface area contributed by atoms with Crippen molar-refractivity contribution in [1.82, 2.24) is 14.9 Å². The number of aromatic nitrogens is 2. The molecular formula is C13H19N3O2. The number of ether oxygens (including phenoxy) is 1. The number of aryl methyl sites for hydroxylation is 1. The van der Waals surface area contributed by atoms with Gasteiger partial charge in [-0.2, -0.15) is 0 Å². The van der Waals surface area contributed by atoms with E-state index in [0.717, 1.165) is 23.5 Å². The van der Waals surface area contributed by atoms with Crippen LogP contribution in [0.1, 0.15) is 37.9 Å².